The normalized spacial score (nSPS) is 27.2. The summed E-state index contributed by atoms with van der Waals surface area (Å²) in [6.07, 6.45) is 2.48. The summed E-state index contributed by atoms with van der Waals surface area (Å²) in [5, 5.41) is 12.7. The maximum atomic E-state index is 12.0. The van der Waals surface area contributed by atoms with Gasteiger partial charge in [0, 0.05) is 25.2 Å². The summed E-state index contributed by atoms with van der Waals surface area (Å²) in [6, 6.07) is 0.425. The number of carboxylic acids is 1. The highest BCUT2D eigenvalue weighted by molar-refractivity contribution is 5.74. The molecule has 114 valence electrons. The van der Waals surface area contributed by atoms with E-state index in [1.54, 1.807) is 20.8 Å². The molecule has 0 aromatic rings. The first-order chi connectivity index (χ1) is 9.26. The van der Waals surface area contributed by atoms with Crippen LogP contribution in [0.2, 0.25) is 0 Å². The zero-order chi connectivity index (χ0) is 14.9. The van der Waals surface area contributed by atoms with E-state index in [1.165, 1.54) is 4.90 Å². The fraction of sp³-hybridized carbons (Fsp3) is 0.857. The monoisotopic (exact) mass is 284 g/mol. The topological polar surface area (TPSA) is 78.9 Å². The van der Waals surface area contributed by atoms with Crippen LogP contribution in [0.4, 0.5) is 4.79 Å². The molecule has 20 heavy (non-hydrogen) atoms. The molecular formula is C14H24N2O4. The van der Waals surface area contributed by atoms with E-state index >= 15 is 0 Å². The Bertz CT molecular complexity index is 387. The Morgan fingerprint density at radius 2 is 1.90 bits per heavy atom. The minimum atomic E-state index is -0.851. The van der Waals surface area contributed by atoms with E-state index in [4.69, 9.17) is 4.74 Å². The Labute approximate surface area is 119 Å². The lowest BCUT2D eigenvalue weighted by Crippen LogP contribution is -2.54. The molecule has 1 saturated carbocycles. The number of carbonyl (C=O) groups is 2. The molecule has 1 aliphatic carbocycles. The van der Waals surface area contributed by atoms with E-state index in [0.29, 0.717) is 19.0 Å². The van der Waals surface area contributed by atoms with Crippen molar-refractivity contribution < 1.29 is 19.4 Å². The van der Waals surface area contributed by atoms with E-state index in [1.807, 2.05) is 0 Å². The van der Waals surface area contributed by atoms with Crippen molar-refractivity contribution >= 4 is 12.1 Å². The molecule has 1 amide bonds. The SMILES string of the molecule is CC(C)(C)OC(=O)N1CCC(NC2CC2)C(C(=O)O)C1. The summed E-state index contributed by atoms with van der Waals surface area (Å²) in [7, 11) is 0. The predicted molar refractivity (Wildman–Crippen MR) is 73.5 cm³/mol. The molecule has 2 fully saturated rings. The molecule has 0 radical (unpaired) electrons. The van der Waals surface area contributed by atoms with Crippen LogP contribution in [0.1, 0.15) is 40.0 Å². The molecule has 2 rings (SSSR count). The highest BCUT2D eigenvalue weighted by atomic mass is 16.6. The van der Waals surface area contributed by atoms with Crippen molar-refractivity contribution in [1.29, 1.82) is 0 Å². The Kier molecular flexibility index (Phi) is 4.22. The summed E-state index contributed by atoms with van der Waals surface area (Å²) in [4.78, 5) is 24.9. The molecule has 6 nitrogen and oxygen atoms in total. The molecule has 0 bridgehead atoms. The number of hydrogen-bond acceptors (Lipinski definition) is 4. The van der Waals surface area contributed by atoms with E-state index in [0.717, 1.165) is 12.8 Å². The van der Waals surface area contributed by atoms with Gasteiger partial charge in [-0.3, -0.25) is 4.79 Å². The molecule has 0 spiro atoms. The molecule has 0 aromatic carbocycles. The highest BCUT2D eigenvalue weighted by Crippen LogP contribution is 2.25. The van der Waals surface area contributed by atoms with Crippen LogP contribution in [0.15, 0.2) is 0 Å². The third-order valence-corrected chi connectivity index (χ3v) is 3.61. The van der Waals surface area contributed by atoms with E-state index in [9.17, 15) is 14.7 Å². The van der Waals surface area contributed by atoms with Gasteiger partial charge in [0.05, 0.1) is 5.92 Å². The van der Waals surface area contributed by atoms with Crippen molar-refractivity contribution in [3.05, 3.63) is 0 Å². The van der Waals surface area contributed by atoms with Crippen molar-refractivity contribution in [1.82, 2.24) is 10.2 Å². The number of carboxylic acid groups (broad SMARTS) is 1. The van der Waals surface area contributed by atoms with Gasteiger partial charge in [0.15, 0.2) is 0 Å². The third kappa shape index (κ3) is 4.10. The lowest BCUT2D eigenvalue weighted by Gasteiger charge is -2.37. The van der Waals surface area contributed by atoms with Crippen LogP contribution in [-0.4, -0.2) is 52.8 Å². The van der Waals surface area contributed by atoms with Gasteiger partial charge in [0.2, 0.25) is 0 Å². The van der Waals surface area contributed by atoms with Gasteiger partial charge in [0.25, 0.3) is 0 Å². The van der Waals surface area contributed by atoms with E-state index < -0.39 is 23.6 Å². The Morgan fingerprint density at radius 3 is 2.40 bits per heavy atom. The van der Waals surface area contributed by atoms with E-state index in [-0.39, 0.29) is 12.6 Å². The number of likely N-dealkylation sites (tertiary alicyclic amines) is 1. The van der Waals surface area contributed by atoms with Crippen LogP contribution in [0.5, 0.6) is 0 Å². The van der Waals surface area contributed by atoms with Gasteiger partial charge >= 0.3 is 12.1 Å². The van der Waals surface area contributed by atoms with Crippen LogP contribution in [0, 0.1) is 5.92 Å². The molecule has 1 aliphatic heterocycles. The largest absolute Gasteiger partial charge is 0.481 e. The summed E-state index contributed by atoms with van der Waals surface area (Å²) in [6.45, 7) is 6.18. The van der Waals surface area contributed by atoms with Gasteiger partial charge in [0.1, 0.15) is 5.60 Å². The maximum absolute atomic E-state index is 12.0. The first-order valence-electron chi connectivity index (χ1n) is 7.23. The molecule has 2 aliphatic rings. The number of ether oxygens (including phenoxy) is 1. The number of nitrogens with zero attached hydrogens (tertiary/aromatic N) is 1. The van der Waals surface area contributed by atoms with Gasteiger partial charge < -0.3 is 20.1 Å². The zero-order valence-corrected chi connectivity index (χ0v) is 12.4. The van der Waals surface area contributed by atoms with Crippen molar-refractivity contribution in [2.24, 2.45) is 5.92 Å². The second kappa shape index (κ2) is 5.60. The number of nitrogens with one attached hydrogen (secondary N) is 1. The molecule has 2 unspecified atom stereocenters. The molecule has 1 heterocycles. The average molecular weight is 284 g/mol. The number of piperidine rings is 1. The van der Waals surface area contributed by atoms with Gasteiger partial charge in [-0.25, -0.2) is 4.79 Å². The molecule has 0 aromatic heterocycles. The van der Waals surface area contributed by atoms with Gasteiger partial charge in [-0.15, -0.1) is 0 Å². The lowest BCUT2D eigenvalue weighted by atomic mass is 9.92. The second-order valence-electron chi connectivity index (χ2n) is 6.71. The lowest BCUT2D eigenvalue weighted by molar-refractivity contribution is -0.144. The van der Waals surface area contributed by atoms with Gasteiger partial charge in [-0.1, -0.05) is 0 Å². The molecule has 2 atom stereocenters. The van der Waals surface area contributed by atoms with Crippen molar-refractivity contribution in [2.45, 2.75) is 57.7 Å². The maximum Gasteiger partial charge on any atom is 0.410 e. The summed E-state index contributed by atoms with van der Waals surface area (Å²) in [5.74, 6) is -1.41. The third-order valence-electron chi connectivity index (χ3n) is 3.61. The second-order valence-corrected chi connectivity index (χ2v) is 6.71. The molecule has 1 saturated heterocycles. The van der Waals surface area contributed by atoms with E-state index in [2.05, 4.69) is 5.32 Å². The van der Waals surface area contributed by atoms with Crippen molar-refractivity contribution in [3.8, 4) is 0 Å². The van der Waals surface area contributed by atoms with Crippen molar-refractivity contribution in [2.75, 3.05) is 13.1 Å². The highest BCUT2D eigenvalue weighted by Gasteiger charge is 2.39. The molecule has 6 heteroatoms. The van der Waals surface area contributed by atoms with Crippen molar-refractivity contribution in [3.63, 3.8) is 0 Å². The van der Waals surface area contributed by atoms with Gasteiger partial charge in [-0.05, 0) is 40.0 Å². The van der Waals surface area contributed by atoms with Crippen LogP contribution >= 0.6 is 0 Å². The fourth-order valence-electron chi connectivity index (χ4n) is 2.45. The quantitative estimate of drug-likeness (QED) is 0.820. The zero-order valence-electron chi connectivity index (χ0n) is 12.4. The van der Waals surface area contributed by atoms with Crippen LogP contribution < -0.4 is 5.32 Å². The van der Waals surface area contributed by atoms with Crippen LogP contribution in [-0.2, 0) is 9.53 Å². The Balaban J connectivity index is 1.94. The van der Waals surface area contributed by atoms with Gasteiger partial charge in [-0.2, -0.15) is 0 Å². The summed E-state index contributed by atoms with van der Waals surface area (Å²) >= 11 is 0. The Morgan fingerprint density at radius 1 is 1.25 bits per heavy atom. The number of carbonyl (C=O) groups excluding carboxylic acids is 1. The molecule has 2 N–H and O–H groups in total. The standard InChI is InChI=1S/C14H24N2O4/c1-14(2,3)20-13(19)16-7-6-11(15-9-4-5-9)10(8-16)12(17)18/h9-11,15H,4-8H2,1-3H3,(H,17,18). The predicted octanol–water partition coefficient (Wildman–Crippen LogP) is 1.45. The van der Waals surface area contributed by atoms with Crippen LogP contribution in [0.25, 0.3) is 0 Å². The molecular weight excluding hydrogens is 260 g/mol. The Hall–Kier alpha value is -1.30. The first-order valence-corrected chi connectivity index (χ1v) is 7.23. The number of rotatable bonds is 3. The number of hydrogen-bond donors (Lipinski definition) is 2. The average Bonchev–Trinajstić information content (AvgIpc) is 3.10. The minimum Gasteiger partial charge on any atom is -0.481 e. The summed E-state index contributed by atoms with van der Waals surface area (Å²) in [5.41, 5.74) is -0.557. The first kappa shape index (κ1) is 15.1. The number of amides is 1. The fourth-order valence-corrected chi connectivity index (χ4v) is 2.45. The smallest absolute Gasteiger partial charge is 0.410 e. The van der Waals surface area contributed by atoms with Crippen LogP contribution in [0.3, 0.4) is 0 Å². The minimum absolute atomic E-state index is 0.0429. The summed E-state index contributed by atoms with van der Waals surface area (Å²) < 4.78 is 5.31. The number of aliphatic carboxylic acids is 1.